The van der Waals surface area contributed by atoms with Crippen molar-refractivity contribution in [2.75, 3.05) is 66.6 Å². The summed E-state index contributed by atoms with van der Waals surface area (Å²) in [5.41, 5.74) is 0. The number of nitrogens with zero attached hydrogens (tertiary/aromatic N) is 2. The molecule has 0 radical (unpaired) electrons. The molecule has 2 atom stereocenters. The van der Waals surface area contributed by atoms with Crippen molar-refractivity contribution < 1.29 is 36.7 Å². The summed E-state index contributed by atoms with van der Waals surface area (Å²) < 4.78 is 36.1. The molecule has 0 aromatic carbocycles. The molecule has 0 aliphatic rings. The van der Waals surface area contributed by atoms with Crippen LogP contribution in [-0.4, -0.2) is 103 Å². The van der Waals surface area contributed by atoms with Crippen molar-refractivity contribution in [1.29, 1.82) is 0 Å². The van der Waals surface area contributed by atoms with Crippen LogP contribution in [0.4, 0.5) is 0 Å². The molecule has 2 N–H and O–H groups in total. The van der Waals surface area contributed by atoms with Crippen LogP contribution in [0.2, 0.25) is 0 Å². The molecule has 9 heteroatoms. The van der Waals surface area contributed by atoms with Crippen LogP contribution >= 0.6 is 0 Å². The van der Waals surface area contributed by atoms with Crippen LogP contribution in [0.1, 0.15) is 66.2 Å². The van der Waals surface area contributed by atoms with Crippen LogP contribution < -0.4 is 0 Å². The number of likely N-dealkylation sites (N-methyl/N-ethyl adjacent to an activating group) is 2. The second-order valence-corrected chi connectivity index (χ2v) is 8.85. The zero-order valence-electron chi connectivity index (χ0n) is 19.7. The first-order chi connectivity index (χ1) is 13.4. The van der Waals surface area contributed by atoms with E-state index in [1.165, 1.54) is 51.6 Å². The van der Waals surface area contributed by atoms with E-state index in [4.69, 9.17) is 27.7 Å². The smallest absolute Gasteiger partial charge is 0.102 e. The fraction of sp³-hybridized carbons (Fsp3) is 1.00. The third-order valence-corrected chi connectivity index (χ3v) is 5.41. The molecule has 0 aliphatic carbocycles. The maximum absolute atomic E-state index is 8.87. The molecule has 0 aromatic heterocycles. The molecule has 0 aromatic rings. The zero-order chi connectivity index (χ0) is 23.4. The van der Waals surface area contributed by atoms with Crippen molar-refractivity contribution in [1.82, 2.24) is 0 Å². The molecule has 0 fully saturated rings. The molecule has 0 amide bonds. The molecule has 0 saturated heterocycles. The molecule has 0 aliphatic heterocycles. The molecule has 8 nitrogen and oxygen atoms in total. The fourth-order valence-electron chi connectivity index (χ4n) is 2.83. The summed E-state index contributed by atoms with van der Waals surface area (Å²) >= 11 is 0. The standard InChI is InChI=1S/2C10H24NO.H2O4S/c2*1-4-6-7-8-11(3,5-2)9-10-12;1-5(2,3)4/h2*12H,4-10H2,1-3H3;(H2,1,2,3,4)/q2*+1;/p-2. The zero-order valence-corrected chi connectivity index (χ0v) is 20.5. The third-order valence-electron chi connectivity index (χ3n) is 5.41. The molecular weight excluding hydrogens is 396 g/mol. The van der Waals surface area contributed by atoms with Crippen LogP contribution in [-0.2, 0) is 10.4 Å². The average Bonchev–Trinajstić information content (AvgIpc) is 2.62. The van der Waals surface area contributed by atoms with Crippen molar-refractivity contribution in [2.45, 2.75) is 66.2 Å². The second kappa shape index (κ2) is 19.7. The summed E-state index contributed by atoms with van der Waals surface area (Å²) in [6, 6.07) is 0. The Morgan fingerprint density at radius 2 is 0.931 bits per heavy atom. The molecule has 0 bridgehead atoms. The van der Waals surface area contributed by atoms with Gasteiger partial charge in [0.15, 0.2) is 0 Å². The largest absolute Gasteiger partial charge is 0.759 e. The van der Waals surface area contributed by atoms with E-state index in [0.29, 0.717) is 13.2 Å². The lowest BCUT2D eigenvalue weighted by molar-refractivity contribution is -0.908. The van der Waals surface area contributed by atoms with Gasteiger partial charge in [-0.15, -0.1) is 0 Å². The van der Waals surface area contributed by atoms with Crippen molar-refractivity contribution >= 4 is 10.4 Å². The van der Waals surface area contributed by atoms with Gasteiger partial charge in [-0.25, -0.2) is 0 Å². The van der Waals surface area contributed by atoms with Crippen molar-refractivity contribution in [3.63, 3.8) is 0 Å². The highest BCUT2D eigenvalue weighted by molar-refractivity contribution is 7.79. The maximum atomic E-state index is 8.87. The number of aliphatic hydroxyl groups is 2. The van der Waals surface area contributed by atoms with E-state index in [1.807, 2.05) is 0 Å². The van der Waals surface area contributed by atoms with Gasteiger partial charge < -0.3 is 28.3 Å². The Bertz CT molecular complexity index is 416. The van der Waals surface area contributed by atoms with Crippen LogP contribution in [0, 0.1) is 0 Å². The fourth-order valence-corrected chi connectivity index (χ4v) is 2.83. The maximum Gasteiger partial charge on any atom is 0.102 e. The van der Waals surface area contributed by atoms with E-state index in [1.54, 1.807) is 0 Å². The van der Waals surface area contributed by atoms with Gasteiger partial charge in [0, 0.05) is 10.4 Å². The van der Waals surface area contributed by atoms with Gasteiger partial charge in [0.25, 0.3) is 0 Å². The molecule has 0 saturated carbocycles. The van der Waals surface area contributed by atoms with Gasteiger partial charge in [0.05, 0.1) is 53.5 Å². The topological polar surface area (TPSA) is 121 Å². The number of aliphatic hydroxyl groups excluding tert-OH is 2. The number of unbranched alkanes of at least 4 members (excludes halogenated alkanes) is 4. The van der Waals surface area contributed by atoms with E-state index in [0.717, 1.165) is 35.1 Å². The van der Waals surface area contributed by atoms with Crippen LogP contribution in [0.3, 0.4) is 0 Å². The van der Waals surface area contributed by atoms with Crippen LogP contribution in [0.5, 0.6) is 0 Å². The quantitative estimate of drug-likeness (QED) is 0.183. The van der Waals surface area contributed by atoms with Crippen molar-refractivity contribution in [2.24, 2.45) is 0 Å². The minimum atomic E-state index is -5.17. The minimum Gasteiger partial charge on any atom is -0.759 e. The lowest BCUT2D eigenvalue weighted by Crippen LogP contribution is -2.46. The van der Waals surface area contributed by atoms with Gasteiger partial charge in [-0.05, 0) is 39.5 Å². The van der Waals surface area contributed by atoms with Crippen LogP contribution in [0.25, 0.3) is 0 Å². The highest BCUT2D eigenvalue weighted by atomic mass is 32.3. The highest BCUT2D eigenvalue weighted by Gasteiger charge is 2.17. The summed E-state index contributed by atoms with van der Waals surface area (Å²) in [5.74, 6) is 0. The van der Waals surface area contributed by atoms with Gasteiger partial charge in [0.1, 0.15) is 13.1 Å². The molecule has 2 unspecified atom stereocenters. The highest BCUT2D eigenvalue weighted by Crippen LogP contribution is 2.06. The molecule has 29 heavy (non-hydrogen) atoms. The van der Waals surface area contributed by atoms with E-state index < -0.39 is 10.4 Å². The Hall–Kier alpha value is -0.290. The average molecular weight is 445 g/mol. The summed E-state index contributed by atoms with van der Waals surface area (Å²) in [6.45, 7) is 16.0. The van der Waals surface area contributed by atoms with E-state index in [2.05, 4.69) is 41.8 Å². The lowest BCUT2D eigenvalue weighted by Gasteiger charge is -2.32. The van der Waals surface area contributed by atoms with Crippen molar-refractivity contribution in [3.8, 4) is 0 Å². The second-order valence-electron chi connectivity index (χ2n) is 8.04. The summed E-state index contributed by atoms with van der Waals surface area (Å²) in [4.78, 5) is 0. The third kappa shape index (κ3) is 27.7. The first-order valence-corrected chi connectivity index (χ1v) is 12.3. The van der Waals surface area contributed by atoms with Gasteiger partial charge in [-0.3, -0.25) is 8.42 Å². The number of rotatable bonds is 14. The Balaban J connectivity index is -0.000000380. The Morgan fingerprint density at radius 1 is 0.655 bits per heavy atom. The van der Waals surface area contributed by atoms with Gasteiger partial charge in [-0.2, -0.15) is 0 Å². The number of quaternary nitrogens is 2. The molecule has 0 rings (SSSR count). The molecule has 0 heterocycles. The SMILES string of the molecule is CCCCC[N+](C)(CC)CCO.CCCCC[N+](C)(CC)CCO.O=S(=O)([O-])[O-]. The van der Waals surface area contributed by atoms with E-state index in [-0.39, 0.29) is 0 Å². The van der Waals surface area contributed by atoms with Crippen molar-refractivity contribution in [3.05, 3.63) is 0 Å². The molecule has 180 valence electrons. The summed E-state index contributed by atoms with van der Waals surface area (Å²) in [6.07, 6.45) is 7.78. The lowest BCUT2D eigenvalue weighted by atomic mass is 10.2. The molecule has 0 spiro atoms. The number of hydrogen-bond acceptors (Lipinski definition) is 6. The van der Waals surface area contributed by atoms with Crippen LogP contribution in [0.15, 0.2) is 0 Å². The van der Waals surface area contributed by atoms with Gasteiger partial charge in [0.2, 0.25) is 0 Å². The van der Waals surface area contributed by atoms with E-state index >= 15 is 0 Å². The molecular formula is C20H48N2O6S. The first-order valence-electron chi connectivity index (χ1n) is 10.9. The van der Waals surface area contributed by atoms with E-state index in [9.17, 15) is 0 Å². The predicted molar refractivity (Wildman–Crippen MR) is 117 cm³/mol. The van der Waals surface area contributed by atoms with Gasteiger partial charge >= 0.3 is 0 Å². The predicted octanol–water partition coefficient (Wildman–Crippen LogP) is 1.93. The monoisotopic (exact) mass is 444 g/mol. The summed E-state index contributed by atoms with van der Waals surface area (Å²) in [7, 11) is -0.711. The van der Waals surface area contributed by atoms with Gasteiger partial charge in [-0.1, -0.05) is 26.7 Å². The number of hydrogen-bond donors (Lipinski definition) is 2. The Morgan fingerprint density at radius 3 is 1.10 bits per heavy atom. The minimum absolute atomic E-state index is 0.316. The normalized spacial score (nSPS) is 15.2. The Kier molecular flexibility index (Phi) is 22.6. The summed E-state index contributed by atoms with van der Waals surface area (Å²) in [5, 5.41) is 17.7. The first kappa shape index (κ1) is 33.4. The Labute approximate surface area is 180 Å².